The maximum Gasteiger partial charge on any atom is 0.0463 e. The second-order valence-electron chi connectivity index (χ2n) is 8.41. The quantitative estimate of drug-likeness (QED) is 0.271. The van der Waals surface area contributed by atoms with Crippen molar-refractivity contribution in [3.8, 4) is 11.1 Å². The van der Waals surface area contributed by atoms with E-state index in [0.29, 0.717) is 0 Å². The molecule has 0 saturated heterocycles. The number of rotatable bonds is 0. The summed E-state index contributed by atoms with van der Waals surface area (Å²) in [7, 11) is 0. The van der Waals surface area contributed by atoms with Crippen LogP contribution in [-0.4, -0.2) is 4.98 Å². The number of thiophene rings is 1. The monoisotopic (exact) mass is 389 g/mol. The number of aromatic nitrogens is 1. The van der Waals surface area contributed by atoms with Crippen LogP contribution in [0, 0.1) is 13.8 Å². The Morgan fingerprint density at radius 3 is 2.62 bits per heavy atom. The number of H-pyrrole nitrogens is 1. The van der Waals surface area contributed by atoms with Gasteiger partial charge in [-0.15, -0.1) is 11.3 Å². The normalized spacial score (nSPS) is 13.0. The van der Waals surface area contributed by atoms with Crippen molar-refractivity contribution in [3.05, 3.63) is 83.0 Å². The van der Waals surface area contributed by atoms with E-state index in [1.165, 1.54) is 75.2 Å². The molecule has 1 aliphatic rings. The van der Waals surface area contributed by atoms with Crippen molar-refractivity contribution in [2.45, 2.75) is 20.3 Å². The van der Waals surface area contributed by atoms with E-state index in [0.717, 1.165) is 6.42 Å². The van der Waals surface area contributed by atoms with E-state index in [1.54, 1.807) is 0 Å². The summed E-state index contributed by atoms with van der Waals surface area (Å²) in [6.45, 7) is 4.46. The third kappa shape index (κ3) is 1.95. The fraction of sp³-hybridized carbons (Fsp3) is 0.111. The highest BCUT2D eigenvalue weighted by Gasteiger charge is 2.23. The average molecular weight is 390 g/mol. The van der Waals surface area contributed by atoms with E-state index in [-0.39, 0.29) is 0 Å². The Hall–Kier alpha value is -3.10. The molecule has 0 bridgehead atoms. The van der Waals surface area contributed by atoms with Crippen LogP contribution >= 0.6 is 11.3 Å². The average Bonchev–Trinajstić information content (AvgIpc) is 3.30. The van der Waals surface area contributed by atoms with Crippen molar-refractivity contribution < 1.29 is 0 Å². The first kappa shape index (κ1) is 15.8. The highest BCUT2D eigenvalue weighted by atomic mass is 32.1. The molecule has 1 nitrogen and oxygen atoms in total. The van der Waals surface area contributed by atoms with Gasteiger partial charge >= 0.3 is 0 Å². The van der Waals surface area contributed by atoms with Crippen molar-refractivity contribution in [2.75, 3.05) is 0 Å². The van der Waals surface area contributed by atoms with Gasteiger partial charge in [-0.05, 0) is 77.1 Å². The Morgan fingerprint density at radius 1 is 0.793 bits per heavy atom. The molecule has 2 aromatic heterocycles. The van der Waals surface area contributed by atoms with Crippen LogP contribution in [0.4, 0.5) is 0 Å². The number of hydrogen-bond donors (Lipinski definition) is 1. The number of aromatic amines is 1. The maximum absolute atomic E-state index is 3.52. The molecule has 0 spiro atoms. The van der Waals surface area contributed by atoms with E-state index >= 15 is 0 Å². The van der Waals surface area contributed by atoms with E-state index < -0.39 is 0 Å². The standard InChI is InChI=1S/C27H19NS/c1-14-6-8-18-22(10-14)29-23-11-15(2)24-19(27(18)23)9-7-17-12-16-4-3-5-21-25(16)20(13-28-21)26(17)24/h3-11,13,28H,12H2,1-2H3. The molecule has 0 saturated carbocycles. The minimum atomic E-state index is 1.01. The molecule has 29 heavy (non-hydrogen) atoms. The Balaban J connectivity index is 1.70. The lowest BCUT2D eigenvalue weighted by molar-refractivity contribution is 1.21. The zero-order valence-electron chi connectivity index (χ0n) is 16.4. The number of benzene rings is 4. The van der Waals surface area contributed by atoms with Crippen LogP contribution in [0.25, 0.3) is 53.0 Å². The zero-order valence-corrected chi connectivity index (χ0v) is 17.2. The van der Waals surface area contributed by atoms with Gasteiger partial charge in [-0.1, -0.05) is 36.4 Å². The van der Waals surface area contributed by atoms with Crippen molar-refractivity contribution in [1.29, 1.82) is 0 Å². The van der Waals surface area contributed by atoms with Crippen LogP contribution in [0.5, 0.6) is 0 Å². The summed E-state index contributed by atoms with van der Waals surface area (Å²) in [4.78, 5) is 3.52. The molecule has 1 aliphatic carbocycles. The van der Waals surface area contributed by atoms with Crippen LogP contribution in [0.1, 0.15) is 22.3 Å². The molecule has 0 unspecified atom stereocenters. The van der Waals surface area contributed by atoms with E-state index in [9.17, 15) is 0 Å². The predicted molar refractivity (Wildman–Crippen MR) is 126 cm³/mol. The van der Waals surface area contributed by atoms with Crippen LogP contribution in [0.2, 0.25) is 0 Å². The summed E-state index contributed by atoms with van der Waals surface area (Å²) in [5, 5.41) is 7.01. The molecule has 0 atom stereocenters. The minimum absolute atomic E-state index is 1.01. The molecule has 2 heterocycles. The van der Waals surface area contributed by atoms with Crippen molar-refractivity contribution >= 4 is 53.2 Å². The van der Waals surface area contributed by atoms with Gasteiger partial charge in [-0.3, -0.25) is 0 Å². The highest BCUT2D eigenvalue weighted by molar-refractivity contribution is 7.26. The van der Waals surface area contributed by atoms with Gasteiger partial charge in [0.15, 0.2) is 0 Å². The second kappa shape index (κ2) is 5.28. The number of fused-ring (bicyclic) bond motifs is 8. The van der Waals surface area contributed by atoms with Crippen LogP contribution in [0.15, 0.2) is 60.8 Å². The summed E-state index contributed by atoms with van der Waals surface area (Å²) in [5.74, 6) is 0. The topological polar surface area (TPSA) is 15.8 Å². The first-order valence-corrected chi connectivity index (χ1v) is 11.0. The molecule has 6 aromatic rings. The van der Waals surface area contributed by atoms with Gasteiger partial charge in [0.1, 0.15) is 0 Å². The molecule has 4 aromatic carbocycles. The van der Waals surface area contributed by atoms with Gasteiger partial charge in [0.05, 0.1) is 0 Å². The molecule has 0 aliphatic heterocycles. The van der Waals surface area contributed by atoms with Gasteiger partial charge in [-0.2, -0.15) is 0 Å². The van der Waals surface area contributed by atoms with E-state index in [2.05, 4.69) is 79.6 Å². The second-order valence-corrected chi connectivity index (χ2v) is 9.49. The van der Waals surface area contributed by atoms with Crippen molar-refractivity contribution in [1.82, 2.24) is 4.98 Å². The summed E-state index contributed by atoms with van der Waals surface area (Å²) >= 11 is 1.92. The lowest BCUT2D eigenvalue weighted by Gasteiger charge is -2.21. The summed E-state index contributed by atoms with van der Waals surface area (Å²) in [6.07, 6.45) is 3.22. The van der Waals surface area contributed by atoms with Gasteiger partial charge < -0.3 is 4.98 Å². The predicted octanol–water partition coefficient (Wildman–Crippen LogP) is 7.88. The van der Waals surface area contributed by atoms with Gasteiger partial charge in [0.2, 0.25) is 0 Å². The van der Waals surface area contributed by atoms with Crippen LogP contribution in [-0.2, 0) is 6.42 Å². The summed E-state index contributed by atoms with van der Waals surface area (Å²) < 4.78 is 2.78. The molecule has 2 heteroatoms. The smallest absolute Gasteiger partial charge is 0.0463 e. The van der Waals surface area contributed by atoms with Crippen LogP contribution in [0.3, 0.4) is 0 Å². The number of hydrogen-bond acceptors (Lipinski definition) is 1. The zero-order chi connectivity index (χ0) is 19.3. The van der Waals surface area contributed by atoms with Gasteiger partial charge in [0.25, 0.3) is 0 Å². The van der Waals surface area contributed by atoms with E-state index in [4.69, 9.17) is 0 Å². The molecule has 0 radical (unpaired) electrons. The van der Waals surface area contributed by atoms with Crippen molar-refractivity contribution in [3.63, 3.8) is 0 Å². The van der Waals surface area contributed by atoms with Gasteiger partial charge in [-0.25, -0.2) is 0 Å². The Bertz CT molecular complexity index is 1640. The SMILES string of the molecule is Cc1ccc2c(c1)sc1cc(C)c3c4c(ccc3c12)Cc1cccc2[nH]cc-4c12. The number of nitrogens with one attached hydrogen (secondary N) is 1. The number of aryl methyl sites for hydroxylation is 2. The lowest BCUT2D eigenvalue weighted by Crippen LogP contribution is -2.00. The molecular formula is C27H19NS. The molecule has 1 N–H and O–H groups in total. The summed E-state index contributed by atoms with van der Waals surface area (Å²) in [5.41, 5.74) is 9.61. The lowest BCUT2D eigenvalue weighted by atomic mass is 9.82. The fourth-order valence-corrected chi connectivity index (χ4v) is 6.72. The first-order valence-electron chi connectivity index (χ1n) is 10.2. The Labute approximate surface area is 172 Å². The first-order chi connectivity index (χ1) is 14.2. The third-order valence-corrected chi connectivity index (χ3v) is 7.72. The van der Waals surface area contributed by atoms with Crippen molar-refractivity contribution in [2.24, 2.45) is 0 Å². The Morgan fingerprint density at radius 2 is 1.69 bits per heavy atom. The molecule has 0 amide bonds. The maximum atomic E-state index is 3.52. The van der Waals surface area contributed by atoms with Gasteiger partial charge in [0, 0.05) is 42.8 Å². The fourth-order valence-electron chi connectivity index (χ4n) is 5.40. The third-order valence-electron chi connectivity index (χ3n) is 6.62. The van der Waals surface area contributed by atoms with E-state index in [1.807, 2.05) is 11.3 Å². The molecule has 138 valence electrons. The molecule has 0 fully saturated rings. The molecular weight excluding hydrogens is 370 g/mol. The summed E-state index contributed by atoms with van der Waals surface area (Å²) in [6, 6.07) is 20.6. The largest absolute Gasteiger partial charge is 0.361 e. The van der Waals surface area contributed by atoms with Crippen LogP contribution < -0.4 is 0 Å². The molecule has 7 rings (SSSR count). The minimum Gasteiger partial charge on any atom is -0.361 e. The Kier molecular flexibility index (Phi) is 2.87. The highest BCUT2D eigenvalue weighted by Crippen LogP contribution is 2.47.